The van der Waals surface area contributed by atoms with E-state index in [1.54, 1.807) is 78.7 Å². The molecule has 316 valence electrons. The lowest BCUT2D eigenvalue weighted by Gasteiger charge is -2.21. The molecule has 4 aromatic heterocycles. The molecule has 0 aliphatic heterocycles. The summed E-state index contributed by atoms with van der Waals surface area (Å²) >= 11 is 0. The van der Waals surface area contributed by atoms with Gasteiger partial charge in [-0.3, -0.25) is 0 Å². The van der Waals surface area contributed by atoms with Gasteiger partial charge in [-0.05, 0) is 95.3 Å². The minimum absolute atomic E-state index is 0.0696. The smallest absolute Gasteiger partial charge is 0.356 e. The first-order valence-corrected chi connectivity index (χ1v) is 19.9. The summed E-state index contributed by atoms with van der Waals surface area (Å²) in [6.45, 7) is 9.67. The second kappa shape index (κ2) is 17.7. The van der Waals surface area contributed by atoms with Crippen LogP contribution in [0.1, 0.15) is 64.0 Å². The fourth-order valence-electron chi connectivity index (χ4n) is 7.65. The second-order valence-electron chi connectivity index (χ2n) is 15.8. The molecule has 0 bridgehead atoms. The molecule has 4 aromatic carbocycles. The monoisotopic (exact) mass is 836 g/mol. The van der Waals surface area contributed by atoms with Gasteiger partial charge in [0.05, 0.1) is 27.3 Å². The number of aromatic carboxylic acids is 1. The number of carbonyl (C=O) groups excluding carboxylic acids is 1. The van der Waals surface area contributed by atoms with Crippen molar-refractivity contribution in [1.29, 1.82) is 0 Å². The van der Waals surface area contributed by atoms with Gasteiger partial charge in [0.2, 0.25) is 11.8 Å². The lowest BCUT2D eigenvalue weighted by atomic mass is 10.0. The zero-order valence-corrected chi connectivity index (χ0v) is 35.5. The maximum Gasteiger partial charge on any atom is 0.356 e. The number of carboxylic acids is 1. The van der Waals surface area contributed by atoms with Crippen LogP contribution in [-0.4, -0.2) is 56.0 Å². The number of carboxylic acid groups (broad SMARTS) is 1. The lowest BCUT2D eigenvalue weighted by molar-refractivity contribution is 0.00593. The van der Waals surface area contributed by atoms with Crippen LogP contribution >= 0.6 is 0 Å². The van der Waals surface area contributed by atoms with Crippen molar-refractivity contribution in [2.45, 2.75) is 53.3 Å². The number of hydrogen-bond donors (Lipinski definition) is 1. The van der Waals surface area contributed by atoms with E-state index in [0.717, 1.165) is 27.4 Å². The average Bonchev–Trinajstić information content (AvgIpc) is 3.73. The van der Waals surface area contributed by atoms with Gasteiger partial charge in [-0.15, -0.1) is 0 Å². The Morgan fingerprint density at radius 2 is 1.06 bits per heavy atom. The van der Waals surface area contributed by atoms with E-state index in [1.165, 1.54) is 19.2 Å². The highest BCUT2D eigenvalue weighted by atomic mass is 19.1. The summed E-state index contributed by atoms with van der Waals surface area (Å²) in [4.78, 5) is 34.5. The topological polar surface area (TPSA) is 118 Å². The predicted molar refractivity (Wildman–Crippen MR) is 236 cm³/mol. The van der Waals surface area contributed by atoms with Crippen molar-refractivity contribution in [3.05, 3.63) is 167 Å². The molecule has 8 aromatic rings. The average molecular weight is 837 g/mol. The number of ether oxygens (including phenoxy) is 3. The summed E-state index contributed by atoms with van der Waals surface area (Å²) in [7, 11) is 3.04. The van der Waals surface area contributed by atoms with Crippen molar-refractivity contribution in [3.63, 3.8) is 0 Å². The number of esters is 1. The molecule has 0 unspecified atom stereocenters. The summed E-state index contributed by atoms with van der Waals surface area (Å²) in [5.41, 5.74) is 6.53. The minimum Gasteiger partial charge on any atom is -0.481 e. The largest absolute Gasteiger partial charge is 0.481 e. The third-order valence-electron chi connectivity index (χ3n) is 10.3. The van der Waals surface area contributed by atoms with E-state index in [1.807, 2.05) is 81.7 Å². The Morgan fingerprint density at radius 1 is 0.629 bits per heavy atom. The fourth-order valence-corrected chi connectivity index (χ4v) is 7.65. The van der Waals surface area contributed by atoms with Gasteiger partial charge in [0.1, 0.15) is 28.6 Å². The van der Waals surface area contributed by atoms with Crippen LogP contribution in [-0.2, 0) is 17.8 Å². The Labute approximate surface area is 358 Å². The van der Waals surface area contributed by atoms with Crippen molar-refractivity contribution in [3.8, 4) is 34.0 Å². The van der Waals surface area contributed by atoms with Gasteiger partial charge in [-0.25, -0.2) is 28.3 Å². The van der Waals surface area contributed by atoms with Crippen LogP contribution in [0.2, 0.25) is 0 Å². The Morgan fingerprint density at radius 3 is 1.48 bits per heavy atom. The van der Waals surface area contributed by atoms with Crippen molar-refractivity contribution in [2.75, 3.05) is 14.2 Å². The van der Waals surface area contributed by atoms with E-state index < -0.39 is 17.5 Å². The summed E-state index contributed by atoms with van der Waals surface area (Å²) < 4.78 is 49.1. The summed E-state index contributed by atoms with van der Waals surface area (Å²) in [6.07, 6.45) is 3.23. The summed E-state index contributed by atoms with van der Waals surface area (Å²) in [5.74, 6) is -1.57. The molecule has 4 heterocycles. The molecule has 0 aliphatic carbocycles. The molecule has 0 atom stereocenters. The Kier molecular flexibility index (Phi) is 12.2. The Hall–Kier alpha value is -7.34. The van der Waals surface area contributed by atoms with E-state index >= 15 is 0 Å². The standard InChI is InChI=1S/C27H27FN2O3.C23H19FN2O3/c1-17-12-13-22-20(15-17)23(19-10-8-14-29-25(19)32-5)24(26(31)33-27(2,3)4)30(22)16-18-9-6-7-11-21(18)28;1-14-9-10-19-17(12-14)20(16-7-5-11-25-22(16)29-2)21(23(27)28)26(19)13-15-6-3-4-8-18(15)24/h6-15H,16H2,1-5H3;3-12H,13H2,1-2H3,(H,27,28). The molecular weight excluding hydrogens is 791 g/mol. The number of nitrogens with zero attached hydrogens (tertiary/aromatic N) is 4. The van der Waals surface area contributed by atoms with Crippen LogP contribution in [0.3, 0.4) is 0 Å². The molecule has 0 radical (unpaired) electrons. The van der Waals surface area contributed by atoms with Crippen LogP contribution in [0, 0.1) is 25.5 Å². The number of pyridine rings is 2. The lowest BCUT2D eigenvalue weighted by Crippen LogP contribution is -2.26. The van der Waals surface area contributed by atoms with Gasteiger partial charge in [-0.1, -0.05) is 59.7 Å². The van der Waals surface area contributed by atoms with Crippen molar-refractivity contribution >= 4 is 33.7 Å². The molecule has 0 saturated carbocycles. The van der Waals surface area contributed by atoms with Gasteiger partial charge in [0.15, 0.2) is 0 Å². The highest BCUT2D eigenvalue weighted by molar-refractivity contribution is 6.10. The molecule has 0 amide bonds. The number of rotatable bonds is 10. The molecule has 0 saturated heterocycles. The van der Waals surface area contributed by atoms with Crippen LogP contribution < -0.4 is 9.47 Å². The molecule has 10 nitrogen and oxygen atoms in total. The number of aryl methyl sites for hydroxylation is 2. The predicted octanol–water partition coefficient (Wildman–Crippen LogP) is 11.1. The summed E-state index contributed by atoms with van der Waals surface area (Å²) in [6, 6.07) is 31.8. The number of carbonyl (C=O) groups is 2. The van der Waals surface area contributed by atoms with Crippen LogP contribution in [0.15, 0.2) is 122 Å². The van der Waals surface area contributed by atoms with Crippen LogP contribution in [0.25, 0.3) is 44.1 Å². The molecule has 0 spiro atoms. The molecule has 62 heavy (non-hydrogen) atoms. The molecular formula is C50H46F2N4O6. The summed E-state index contributed by atoms with van der Waals surface area (Å²) in [5, 5.41) is 11.7. The minimum atomic E-state index is -1.10. The first kappa shape index (κ1) is 42.8. The molecule has 8 rings (SSSR count). The van der Waals surface area contributed by atoms with E-state index in [-0.39, 0.29) is 30.4 Å². The zero-order chi connectivity index (χ0) is 44.3. The van der Waals surface area contributed by atoms with Gasteiger partial charge in [0.25, 0.3) is 0 Å². The number of methoxy groups -OCH3 is 2. The fraction of sp³-hybridized carbons (Fsp3) is 0.200. The van der Waals surface area contributed by atoms with E-state index in [0.29, 0.717) is 56.4 Å². The molecule has 0 fully saturated rings. The quantitative estimate of drug-likeness (QED) is 0.135. The number of benzene rings is 4. The molecule has 0 aliphatic rings. The number of aromatic nitrogens is 4. The SMILES string of the molecule is COc1ncccc1-c1c(C(=O)O)n(Cc2ccccc2F)c2ccc(C)cc12.COc1ncccc1-c1c(C(=O)OC(C)(C)C)n(Cc2ccccc2F)c2ccc(C)cc12. The van der Waals surface area contributed by atoms with Crippen molar-refractivity contribution < 1.29 is 37.7 Å². The number of halogens is 2. The maximum absolute atomic E-state index is 14.6. The van der Waals surface area contributed by atoms with Crippen LogP contribution in [0.4, 0.5) is 8.78 Å². The highest BCUT2D eigenvalue weighted by Gasteiger charge is 2.31. The Balaban J connectivity index is 0.000000188. The van der Waals surface area contributed by atoms with E-state index in [9.17, 15) is 23.5 Å². The molecule has 12 heteroatoms. The Bertz CT molecular complexity index is 2970. The highest BCUT2D eigenvalue weighted by Crippen LogP contribution is 2.42. The maximum atomic E-state index is 14.6. The number of hydrogen-bond acceptors (Lipinski definition) is 7. The van der Waals surface area contributed by atoms with Gasteiger partial charge >= 0.3 is 11.9 Å². The second-order valence-corrected chi connectivity index (χ2v) is 15.8. The van der Waals surface area contributed by atoms with E-state index in [4.69, 9.17) is 14.2 Å². The first-order chi connectivity index (χ1) is 29.7. The third-order valence-corrected chi connectivity index (χ3v) is 10.3. The van der Waals surface area contributed by atoms with Crippen molar-refractivity contribution in [1.82, 2.24) is 19.1 Å². The molecule has 1 N–H and O–H groups in total. The van der Waals surface area contributed by atoms with Crippen molar-refractivity contribution in [2.24, 2.45) is 0 Å². The van der Waals surface area contributed by atoms with Gasteiger partial charge in [0, 0.05) is 67.6 Å². The van der Waals surface area contributed by atoms with Gasteiger partial charge < -0.3 is 28.5 Å². The third kappa shape index (κ3) is 8.62. The first-order valence-electron chi connectivity index (χ1n) is 19.9. The van der Waals surface area contributed by atoms with Crippen LogP contribution in [0.5, 0.6) is 11.8 Å². The van der Waals surface area contributed by atoms with Gasteiger partial charge in [-0.2, -0.15) is 0 Å². The number of fused-ring (bicyclic) bond motifs is 2. The van der Waals surface area contributed by atoms with E-state index in [2.05, 4.69) is 9.97 Å². The zero-order valence-electron chi connectivity index (χ0n) is 35.5. The normalized spacial score (nSPS) is 11.3.